The summed E-state index contributed by atoms with van der Waals surface area (Å²) in [5.74, 6) is 0.699. The van der Waals surface area contributed by atoms with Crippen molar-refractivity contribution >= 4 is 44.7 Å². The van der Waals surface area contributed by atoms with Crippen molar-refractivity contribution < 1.29 is 0 Å². The first kappa shape index (κ1) is 11.5. The highest BCUT2D eigenvalue weighted by atomic mass is 79.9. The summed E-state index contributed by atoms with van der Waals surface area (Å²) < 4.78 is 0. The number of halogens is 1. The van der Waals surface area contributed by atoms with Crippen LogP contribution in [-0.4, -0.2) is 15.0 Å². The van der Waals surface area contributed by atoms with E-state index in [1.165, 1.54) is 4.88 Å². The van der Waals surface area contributed by atoms with Crippen LogP contribution in [0.15, 0.2) is 22.3 Å². The molecule has 18 heavy (non-hydrogen) atoms. The van der Waals surface area contributed by atoms with Crippen molar-refractivity contribution in [3.05, 3.63) is 32.7 Å². The molecule has 94 valence electrons. The molecule has 1 aliphatic rings. The number of H-pyrrole nitrogens is 1. The number of hydrogen-bond donors (Lipinski definition) is 3. The van der Waals surface area contributed by atoms with Crippen LogP contribution in [0.4, 0.5) is 17.5 Å². The fourth-order valence-corrected chi connectivity index (χ4v) is 3.12. The van der Waals surface area contributed by atoms with Gasteiger partial charge in [-0.15, -0.1) is 11.3 Å². The number of anilines is 3. The van der Waals surface area contributed by atoms with Gasteiger partial charge in [0, 0.05) is 4.88 Å². The molecule has 3 rings (SSSR count). The van der Waals surface area contributed by atoms with Crippen LogP contribution in [0.1, 0.15) is 4.88 Å². The van der Waals surface area contributed by atoms with E-state index >= 15 is 0 Å². The summed E-state index contributed by atoms with van der Waals surface area (Å²) in [5.41, 5.74) is 5.77. The second kappa shape index (κ2) is 4.29. The maximum absolute atomic E-state index is 11.7. The Hall–Kier alpha value is -1.54. The van der Waals surface area contributed by atoms with Gasteiger partial charge in [-0.3, -0.25) is 9.78 Å². The first-order chi connectivity index (χ1) is 8.65. The van der Waals surface area contributed by atoms with Crippen LogP contribution in [0, 0.1) is 0 Å². The SMILES string of the molecule is Nc1nc2c(c(=O)[nH]1)NC(Br)N2Cc1cccs1. The number of nitrogen functional groups attached to an aromatic ring is 1. The van der Waals surface area contributed by atoms with Gasteiger partial charge in [0.25, 0.3) is 5.56 Å². The van der Waals surface area contributed by atoms with E-state index in [9.17, 15) is 4.79 Å². The monoisotopic (exact) mass is 327 g/mol. The molecule has 0 aromatic carbocycles. The lowest BCUT2D eigenvalue weighted by molar-refractivity contribution is 0.840. The van der Waals surface area contributed by atoms with Gasteiger partial charge >= 0.3 is 0 Å². The Kier molecular flexibility index (Phi) is 2.75. The molecular formula is C10H10BrN5OS. The standard InChI is InChI=1S/C10H10BrN5OS/c11-9-13-6-7(14-10(12)15-8(6)17)16(9)4-5-2-1-3-18-5/h1-3,9,13H,4H2,(H3,12,14,15,17). The molecule has 0 saturated carbocycles. The molecule has 2 aromatic heterocycles. The van der Waals surface area contributed by atoms with Gasteiger partial charge in [0.1, 0.15) is 5.69 Å². The van der Waals surface area contributed by atoms with Crippen LogP contribution in [0.2, 0.25) is 0 Å². The van der Waals surface area contributed by atoms with E-state index in [1.54, 1.807) is 11.3 Å². The Balaban J connectivity index is 2.01. The molecular weight excluding hydrogens is 318 g/mol. The van der Waals surface area contributed by atoms with Crippen molar-refractivity contribution in [2.24, 2.45) is 0 Å². The maximum Gasteiger partial charge on any atom is 0.277 e. The summed E-state index contributed by atoms with van der Waals surface area (Å²) >= 11 is 5.14. The van der Waals surface area contributed by atoms with Gasteiger partial charge in [-0.05, 0) is 27.4 Å². The molecule has 0 saturated heterocycles. The van der Waals surface area contributed by atoms with Crippen LogP contribution < -0.4 is 21.5 Å². The lowest BCUT2D eigenvalue weighted by Gasteiger charge is -2.20. The second-order valence-electron chi connectivity index (χ2n) is 3.84. The molecule has 0 spiro atoms. The van der Waals surface area contributed by atoms with E-state index in [4.69, 9.17) is 5.73 Å². The lowest BCUT2D eigenvalue weighted by atomic mass is 10.4. The van der Waals surface area contributed by atoms with Crippen molar-refractivity contribution in [2.45, 2.75) is 11.6 Å². The third kappa shape index (κ3) is 1.87. The molecule has 6 nitrogen and oxygen atoms in total. The van der Waals surface area contributed by atoms with Crippen molar-refractivity contribution in [2.75, 3.05) is 16.0 Å². The summed E-state index contributed by atoms with van der Waals surface area (Å²) in [6.45, 7) is 0.670. The van der Waals surface area contributed by atoms with E-state index in [0.29, 0.717) is 18.1 Å². The van der Waals surface area contributed by atoms with Gasteiger partial charge in [-0.25, -0.2) is 0 Å². The van der Waals surface area contributed by atoms with Gasteiger partial charge in [-0.2, -0.15) is 4.98 Å². The average Bonchev–Trinajstić information content (AvgIpc) is 2.91. The zero-order valence-electron chi connectivity index (χ0n) is 9.18. The number of nitrogens with two attached hydrogens (primary N) is 1. The highest BCUT2D eigenvalue weighted by Gasteiger charge is 2.31. The van der Waals surface area contributed by atoms with Crippen LogP contribution in [0.25, 0.3) is 0 Å². The van der Waals surface area contributed by atoms with Crippen LogP contribution in [0.5, 0.6) is 0 Å². The molecule has 0 aliphatic carbocycles. The van der Waals surface area contributed by atoms with E-state index in [0.717, 1.165) is 0 Å². The summed E-state index contributed by atoms with van der Waals surface area (Å²) in [5, 5.41) is 4.90. The number of hydrogen-bond acceptors (Lipinski definition) is 6. The highest BCUT2D eigenvalue weighted by molar-refractivity contribution is 9.09. The molecule has 0 fully saturated rings. The van der Waals surface area contributed by atoms with Crippen LogP contribution in [0.3, 0.4) is 0 Å². The summed E-state index contributed by atoms with van der Waals surface area (Å²) in [6.07, 6.45) is 0. The number of alkyl halides is 1. The molecule has 1 atom stereocenters. The summed E-state index contributed by atoms with van der Waals surface area (Å²) in [6, 6.07) is 4.03. The Morgan fingerprint density at radius 1 is 1.61 bits per heavy atom. The molecule has 0 amide bonds. The molecule has 3 heterocycles. The maximum atomic E-state index is 11.7. The minimum atomic E-state index is -0.254. The minimum Gasteiger partial charge on any atom is -0.369 e. The number of aromatic amines is 1. The Morgan fingerprint density at radius 3 is 3.17 bits per heavy atom. The molecule has 1 aliphatic heterocycles. The molecule has 0 radical (unpaired) electrons. The van der Waals surface area contributed by atoms with Crippen LogP contribution in [-0.2, 0) is 6.54 Å². The van der Waals surface area contributed by atoms with Crippen molar-refractivity contribution in [1.82, 2.24) is 9.97 Å². The second-order valence-corrected chi connectivity index (χ2v) is 5.74. The van der Waals surface area contributed by atoms with E-state index in [-0.39, 0.29) is 16.6 Å². The average molecular weight is 328 g/mol. The topological polar surface area (TPSA) is 87.0 Å². The molecule has 2 aromatic rings. The third-order valence-corrected chi connectivity index (χ3v) is 4.22. The Labute approximate surface area is 115 Å². The number of rotatable bonds is 2. The fourth-order valence-electron chi connectivity index (χ4n) is 1.85. The Morgan fingerprint density at radius 2 is 2.44 bits per heavy atom. The van der Waals surface area contributed by atoms with Gasteiger partial charge in [-0.1, -0.05) is 6.07 Å². The van der Waals surface area contributed by atoms with Crippen molar-refractivity contribution in [3.8, 4) is 0 Å². The largest absolute Gasteiger partial charge is 0.369 e. The molecule has 4 N–H and O–H groups in total. The predicted molar refractivity (Wildman–Crippen MR) is 76.1 cm³/mol. The van der Waals surface area contributed by atoms with Crippen molar-refractivity contribution in [1.29, 1.82) is 0 Å². The van der Waals surface area contributed by atoms with E-state index in [2.05, 4.69) is 31.2 Å². The lowest BCUT2D eigenvalue weighted by Crippen LogP contribution is -2.29. The number of nitrogens with zero attached hydrogens (tertiary/aromatic N) is 2. The third-order valence-electron chi connectivity index (χ3n) is 2.63. The van der Waals surface area contributed by atoms with Crippen molar-refractivity contribution in [3.63, 3.8) is 0 Å². The molecule has 0 bridgehead atoms. The quantitative estimate of drug-likeness (QED) is 0.575. The molecule has 8 heteroatoms. The zero-order valence-corrected chi connectivity index (χ0v) is 11.6. The normalized spacial score (nSPS) is 17.6. The minimum absolute atomic E-state index is 0.123. The Bertz CT molecular complexity index is 626. The summed E-state index contributed by atoms with van der Waals surface area (Å²) in [7, 11) is 0. The fraction of sp³-hybridized carbons (Fsp3) is 0.200. The smallest absolute Gasteiger partial charge is 0.277 e. The van der Waals surface area contributed by atoms with Crippen LogP contribution >= 0.6 is 27.3 Å². The van der Waals surface area contributed by atoms with Gasteiger partial charge in [0.2, 0.25) is 5.95 Å². The molecule has 1 unspecified atom stereocenters. The van der Waals surface area contributed by atoms with Gasteiger partial charge in [0.15, 0.2) is 10.9 Å². The van der Waals surface area contributed by atoms with E-state index in [1.807, 2.05) is 22.4 Å². The number of fused-ring (bicyclic) bond motifs is 1. The first-order valence-electron chi connectivity index (χ1n) is 5.24. The van der Waals surface area contributed by atoms with Gasteiger partial charge in [0.05, 0.1) is 6.54 Å². The zero-order chi connectivity index (χ0) is 12.7. The number of thiophene rings is 1. The first-order valence-corrected chi connectivity index (χ1v) is 7.04. The predicted octanol–water partition coefficient (Wildman–Crippen LogP) is 1.52. The number of nitrogens with one attached hydrogen (secondary N) is 2. The highest BCUT2D eigenvalue weighted by Crippen LogP contribution is 2.33. The van der Waals surface area contributed by atoms with E-state index < -0.39 is 0 Å². The summed E-state index contributed by atoms with van der Waals surface area (Å²) in [4.78, 5) is 21.5. The van der Waals surface area contributed by atoms with Gasteiger partial charge < -0.3 is 16.0 Å². The number of aromatic nitrogens is 2.